The molecule has 6 heteroatoms. The Bertz CT molecular complexity index is 541. The van der Waals surface area contributed by atoms with Crippen LogP contribution in [0.15, 0.2) is 18.2 Å². The van der Waals surface area contributed by atoms with Gasteiger partial charge in [0.1, 0.15) is 0 Å². The summed E-state index contributed by atoms with van der Waals surface area (Å²) >= 11 is 0. The molecule has 0 unspecified atom stereocenters. The van der Waals surface area contributed by atoms with E-state index in [-0.39, 0.29) is 24.2 Å². The van der Waals surface area contributed by atoms with Crippen LogP contribution in [-0.4, -0.2) is 17.4 Å². The zero-order valence-corrected chi connectivity index (χ0v) is 11.2. The molecule has 1 aromatic rings. The molecule has 1 aromatic carbocycles. The van der Waals surface area contributed by atoms with Gasteiger partial charge in [0, 0.05) is 17.8 Å². The van der Waals surface area contributed by atoms with Crippen molar-refractivity contribution in [2.24, 2.45) is 5.73 Å². The quantitative estimate of drug-likeness (QED) is 0.766. The molecule has 3 rings (SSSR count). The predicted octanol–water partition coefficient (Wildman–Crippen LogP) is 1.42. The van der Waals surface area contributed by atoms with Crippen LogP contribution in [0.1, 0.15) is 24.8 Å². The standard InChI is InChI=1S/C13H15N3O2.ClH/c14-13(5-6-13)12(18)15-9-2-3-10-8(7-9)1-4-11(17)16-10;/h2-3,7H,1,4-6,14H2,(H,15,18)(H,16,17);1H. The smallest absolute Gasteiger partial charge is 0.244 e. The summed E-state index contributed by atoms with van der Waals surface area (Å²) in [5.74, 6) is -0.0829. The van der Waals surface area contributed by atoms with Gasteiger partial charge in [0.15, 0.2) is 0 Å². The number of hydrogen-bond acceptors (Lipinski definition) is 3. The lowest BCUT2D eigenvalue weighted by molar-refractivity contribution is -0.118. The molecule has 0 spiro atoms. The van der Waals surface area contributed by atoms with E-state index >= 15 is 0 Å². The molecule has 4 N–H and O–H groups in total. The summed E-state index contributed by atoms with van der Waals surface area (Å²) in [4.78, 5) is 23.0. The van der Waals surface area contributed by atoms with Crippen LogP contribution in [0.3, 0.4) is 0 Å². The van der Waals surface area contributed by atoms with Crippen molar-refractivity contribution in [3.05, 3.63) is 23.8 Å². The van der Waals surface area contributed by atoms with Crippen LogP contribution in [-0.2, 0) is 16.0 Å². The Hall–Kier alpha value is -1.59. The fourth-order valence-corrected chi connectivity index (χ4v) is 2.08. The van der Waals surface area contributed by atoms with Gasteiger partial charge in [0.2, 0.25) is 11.8 Å². The van der Waals surface area contributed by atoms with Gasteiger partial charge >= 0.3 is 0 Å². The predicted molar refractivity (Wildman–Crippen MR) is 75.4 cm³/mol. The molecule has 5 nitrogen and oxygen atoms in total. The number of nitrogens with one attached hydrogen (secondary N) is 2. The third-order valence-corrected chi connectivity index (χ3v) is 3.50. The van der Waals surface area contributed by atoms with Gasteiger partial charge in [-0.2, -0.15) is 0 Å². The zero-order chi connectivity index (χ0) is 12.8. The molecule has 1 aliphatic heterocycles. The number of anilines is 2. The van der Waals surface area contributed by atoms with E-state index < -0.39 is 5.54 Å². The third-order valence-electron chi connectivity index (χ3n) is 3.50. The van der Waals surface area contributed by atoms with Gasteiger partial charge in [0.05, 0.1) is 5.54 Å². The molecule has 1 fully saturated rings. The average molecular weight is 282 g/mol. The minimum absolute atomic E-state index is 0. The van der Waals surface area contributed by atoms with E-state index in [1.165, 1.54) is 0 Å². The highest BCUT2D eigenvalue weighted by molar-refractivity contribution is 6.00. The van der Waals surface area contributed by atoms with Crippen molar-refractivity contribution in [2.45, 2.75) is 31.2 Å². The van der Waals surface area contributed by atoms with E-state index in [0.29, 0.717) is 12.8 Å². The second-order valence-electron chi connectivity index (χ2n) is 5.03. The second-order valence-corrected chi connectivity index (χ2v) is 5.03. The van der Waals surface area contributed by atoms with E-state index in [2.05, 4.69) is 10.6 Å². The molecule has 0 atom stereocenters. The van der Waals surface area contributed by atoms with Crippen LogP contribution < -0.4 is 16.4 Å². The fourth-order valence-electron chi connectivity index (χ4n) is 2.08. The highest BCUT2D eigenvalue weighted by Gasteiger charge is 2.45. The summed E-state index contributed by atoms with van der Waals surface area (Å²) in [5, 5.41) is 5.64. The molecule has 0 radical (unpaired) electrons. The number of benzene rings is 1. The van der Waals surface area contributed by atoms with Gasteiger partial charge in [-0.15, -0.1) is 12.4 Å². The Morgan fingerprint density at radius 3 is 2.74 bits per heavy atom. The first-order valence-corrected chi connectivity index (χ1v) is 6.10. The SMILES string of the molecule is Cl.NC1(C(=O)Nc2ccc3c(c2)CCC(=O)N3)CC1. The van der Waals surface area contributed by atoms with Gasteiger partial charge < -0.3 is 16.4 Å². The molecule has 19 heavy (non-hydrogen) atoms. The molecular formula is C13H16ClN3O2. The lowest BCUT2D eigenvalue weighted by Gasteiger charge is -2.18. The molecule has 102 valence electrons. The van der Waals surface area contributed by atoms with Crippen LogP contribution in [0.25, 0.3) is 0 Å². The maximum absolute atomic E-state index is 11.8. The molecule has 2 amide bonds. The molecule has 1 saturated carbocycles. The second kappa shape index (κ2) is 4.83. The highest BCUT2D eigenvalue weighted by Crippen LogP contribution is 2.34. The van der Waals surface area contributed by atoms with Crippen molar-refractivity contribution in [2.75, 3.05) is 10.6 Å². The summed E-state index contributed by atoms with van der Waals surface area (Å²) < 4.78 is 0. The van der Waals surface area contributed by atoms with Crippen molar-refractivity contribution in [1.29, 1.82) is 0 Å². The van der Waals surface area contributed by atoms with Crippen molar-refractivity contribution in [3.63, 3.8) is 0 Å². The summed E-state index contributed by atoms with van der Waals surface area (Å²) in [6.45, 7) is 0. The summed E-state index contributed by atoms with van der Waals surface area (Å²) in [6.07, 6.45) is 2.70. The molecule has 2 aliphatic rings. The molecule has 0 aromatic heterocycles. The highest BCUT2D eigenvalue weighted by atomic mass is 35.5. The molecule has 0 saturated heterocycles. The minimum atomic E-state index is -0.663. The summed E-state index contributed by atoms with van der Waals surface area (Å²) in [6, 6.07) is 5.50. The van der Waals surface area contributed by atoms with Crippen molar-refractivity contribution >= 4 is 35.6 Å². The van der Waals surface area contributed by atoms with E-state index in [9.17, 15) is 9.59 Å². The van der Waals surface area contributed by atoms with Crippen molar-refractivity contribution in [1.82, 2.24) is 0 Å². The van der Waals surface area contributed by atoms with Crippen LogP contribution >= 0.6 is 12.4 Å². The number of carbonyl (C=O) groups is 2. The van der Waals surface area contributed by atoms with E-state index in [4.69, 9.17) is 5.73 Å². The number of aryl methyl sites for hydroxylation is 1. The lowest BCUT2D eigenvalue weighted by atomic mass is 10.0. The first kappa shape index (κ1) is 13.8. The summed E-state index contributed by atoms with van der Waals surface area (Å²) in [7, 11) is 0. The van der Waals surface area contributed by atoms with E-state index in [1.807, 2.05) is 12.1 Å². The monoisotopic (exact) mass is 281 g/mol. The Morgan fingerprint density at radius 1 is 1.32 bits per heavy atom. The Morgan fingerprint density at radius 2 is 2.05 bits per heavy atom. The topological polar surface area (TPSA) is 84.2 Å². The lowest BCUT2D eigenvalue weighted by Crippen LogP contribution is -2.37. The number of halogens is 1. The van der Waals surface area contributed by atoms with Gasteiger partial charge in [-0.3, -0.25) is 9.59 Å². The normalized spacial score (nSPS) is 18.7. The molecule has 1 heterocycles. The average Bonchev–Trinajstić information content (AvgIpc) is 3.09. The number of rotatable bonds is 2. The first-order chi connectivity index (χ1) is 8.57. The fraction of sp³-hybridized carbons (Fsp3) is 0.385. The zero-order valence-electron chi connectivity index (χ0n) is 10.4. The van der Waals surface area contributed by atoms with Gasteiger partial charge in [-0.05, 0) is 43.0 Å². The number of hydrogen-bond donors (Lipinski definition) is 3. The van der Waals surface area contributed by atoms with Gasteiger partial charge in [-0.1, -0.05) is 0 Å². The molecule has 1 aliphatic carbocycles. The minimum Gasteiger partial charge on any atom is -0.326 e. The van der Waals surface area contributed by atoms with E-state index in [1.54, 1.807) is 6.07 Å². The third kappa shape index (κ3) is 2.72. The molecule has 0 bridgehead atoms. The largest absolute Gasteiger partial charge is 0.326 e. The van der Waals surface area contributed by atoms with Crippen LogP contribution in [0.5, 0.6) is 0 Å². The van der Waals surface area contributed by atoms with Gasteiger partial charge in [-0.25, -0.2) is 0 Å². The Labute approximate surface area is 117 Å². The number of fused-ring (bicyclic) bond motifs is 1. The summed E-state index contributed by atoms with van der Waals surface area (Å²) in [5.41, 5.74) is 7.79. The Kier molecular flexibility index (Phi) is 3.52. The number of amides is 2. The van der Waals surface area contributed by atoms with Crippen LogP contribution in [0.4, 0.5) is 11.4 Å². The molecular weight excluding hydrogens is 266 g/mol. The number of carbonyl (C=O) groups excluding carboxylic acids is 2. The van der Waals surface area contributed by atoms with E-state index in [0.717, 1.165) is 29.8 Å². The maximum Gasteiger partial charge on any atom is 0.244 e. The van der Waals surface area contributed by atoms with Crippen LogP contribution in [0, 0.1) is 0 Å². The van der Waals surface area contributed by atoms with Crippen molar-refractivity contribution in [3.8, 4) is 0 Å². The van der Waals surface area contributed by atoms with Crippen LogP contribution in [0.2, 0.25) is 0 Å². The maximum atomic E-state index is 11.8. The van der Waals surface area contributed by atoms with Crippen molar-refractivity contribution < 1.29 is 9.59 Å². The first-order valence-electron chi connectivity index (χ1n) is 6.10. The number of nitrogens with two attached hydrogens (primary N) is 1. The Balaban J connectivity index is 0.00000133. The van der Waals surface area contributed by atoms with Gasteiger partial charge in [0.25, 0.3) is 0 Å².